The summed E-state index contributed by atoms with van der Waals surface area (Å²) < 4.78 is 1.28. The van der Waals surface area contributed by atoms with Crippen molar-refractivity contribution in [1.29, 1.82) is 0 Å². The second-order valence-corrected chi connectivity index (χ2v) is 7.34. The first-order valence-electron chi connectivity index (χ1n) is 6.55. The molecule has 3 heteroatoms. The Labute approximate surface area is 122 Å². The van der Waals surface area contributed by atoms with Crippen LogP contribution in [0.2, 0.25) is 0 Å². The van der Waals surface area contributed by atoms with E-state index in [0.29, 0.717) is 0 Å². The highest BCUT2D eigenvalue weighted by atomic mass is 32.2. The average Bonchev–Trinajstić information content (AvgIpc) is 3.01. The minimum atomic E-state index is 0.276. The Morgan fingerprint density at radius 3 is 2.68 bits per heavy atom. The maximum Gasteiger partial charge on any atom is 0.186 e. The van der Waals surface area contributed by atoms with Crippen LogP contribution in [0.4, 0.5) is 0 Å². The molecule has 0 N–H and O–H groups in total. The normalized spacial score (nSPS) is 21.7. The van der Waals surface area contributed by atoms with Gasteiger partial charge >= 0.3 is 0 Å². The molecule has 0 aromatic heterocycles. The monoisotopic (exact) mass is 288 g/mol. The summed E-state index contributed by atoms with van der Waals surface area (Å²) in [5, 5.41) is 0. The predicted molar refractivity (Wildman–Crippen MR) is 85.3 cm³/mol. The molecule has 1 heterocycles. The smallest absolute Gasteiger partial charge is 0.186 e. The van der Waals surface area contributed by atoms with E-state index in [9.17, 15) is 4.79 Å². The molecule has 0 spiro atoms. The Kier molecular flexibility index (Phi) is 3.85. The molecule has 2 fully saturated rings. The van der Waals surface area contributed by atoms with Crippen molar-refractivity contribution in [2.45, 2.75) is 19.8 Å². The molecule has 1 saturated carbocycles. The lowest BCUT2D eigenvalue weighted by Crippen LogP contribution is -1.96. The topological polar surface area (TPSA) is 17.1 Å². The predicted octanol–water partition coefficient (Wildman–Crippen LogP) is 4.43. The highest BCUT2D eigenvalue weighted by molar-refractivity contribution is 8.25. The molecule has 1 aliphatic heterocycles. The lowest BCUT2D eigenvalue weighted by Gasteiger charge is -2.00. The molecule has 0 radical (unpaired) electrons. The van der Waals surface area contributed by atoms with Gasteiger partial charge in [-0.05, 0) is 31.4 Å². The van der Waals surface area contributed by atoms with E-state index in [1.54, 1.807) is 0 Å². The highest BCUT2D eigenvalue weighted by Crippen LogP contribution is 2.43. The van der Waals surface area contributed by atoms with Crippen molar-refractivity contribution in [2.75, 3.05) is 11.5 Å². The van der Waals surface area contributed by atoms with Crippen molar-refractivity contribution in [3.63, 3.8) is 0 Å². The first kappa shape index (κ1) is 13.1. The van der Waals surface area contributed by atoms with Crippen molar-refractivity contribution >= 4 is 35.4 Å². The zero-order valence-corrected chi connectivity index (χ0v) is 12.6. The van der Waals surface area contributed by atoms with Crippen LogP contribution < -0.4 is 0 Å². The van der Waals surface area contributed by atoms with Crippen molar-refractivity contribution in [3.8, 4) is 0 Å². The molecular formula is C16H16OS2. The van der Waals surface area contributed by atoms with E-state index in [-0.39, 0.29) is 5.78 Å². The Hall–Kier alpha value is -0.930. The molecule has 98 valence electrons. The summed E-state index contributed by atoms with van der Waals surface area (Å²) in [5.41, 5.74) is 4.41. The van der Waals surface area contributed by atoms with Crippen LogP contribution >= 0.6 is 23.5 Å². The first-order valence-corrected chi connectivity index (χ1v) is 8.52. The van der Waals surface area contributed by atoms with Crippen LogP contribution in [0.3, 0.4) is 0 Å². The van der Waals surface area contributed by atoms with E-state index in [1.165, 1.54) is 9.80 Å². The fraction of sp³-hybridized carbons (Fsp3) is 0.312. The molecule has 1 aromatic carbocycles. The van der Waals surface area contributed by atoms with Crippen LogP contribution in [-0.4, -0.2) is 17.3 Å². The Bertz CT molecular complexity index is 576. The van der Waals surface area contributed by atoms with Gasteiger partial charge in [-0.3, -0.25) is 4.79 Å². The molecule has 0 unspecified atom stereocenters. The lowest BCUT2D eigenvalue weighted by molar-refractivity contribution is -0.111. The lowest BCUT2D eigenvalue weighted by atomic mass is 10.1. The molecule has 3 rings (SSSR count). The number of hydrogen-bond donors (Lipinski definition) is 0. The molecule has 2 aliphatic rings. The number of allylic oxidation sites excluding steroid dienone is 2. The number of thioether (sulfide) groups is 2. The number of ketones is 1. The van der Waals surface area contributed by atoms with E-state index in [1.807, 2.05) is 29.6 Å². The van der Waals surface area contributed by atoms with Gasteiger partial charge in [-0.2, -0.15) is 0 Å². The van der Waals surface area contributed by atoms with Crippen molar-refractivity contribution in [3.05, 3.63) is 50.8 Å². The number of carbonyl (C=O) groups excluding carboxylic acids is 1. The van der Waals surface area contributed by atoms with Crippen molar-refractivity contribution in [2.24, 2.45) is 0 Å². The van der Waals surface area contributed by atoms with Crippen LogP contribution in [-0.2, 0) is 4.79 Å². The van der Waals surface area contributed by atoms with Crippen LogP contribution in [0, 0.1) is 6.92 Å². The average molecular weight is 288 g/mol. The third-order valence-corrected chi connectivity index (χ3v) is 6.19. The van der Waals surface area contributed by atoms with Gasteiger partial charge in [-0.15, -0.1) is 23.5 Å². The molecule has 0 bridgehead atoms. The Balaban J connectivity index is 1.88. The summed E-state index contributed by atoms with van der Waals surface area (Å²) in [7, 11) is 0. The van der Waals surface area contributed by atoms with Gasteiger partial charge in [-0.1, -0.05) is 29.8 Å². The SMILES string of the molecule is Cc1cccc(/C=C2/CCC(=C3SCCS3)C2=O)c1. The van der Waals surface area contributed by atoms with Gasteiger partial charge in [0.1, 0.15) is 0 Å². The van der Waals surface area contributed by atoms with Crippen LogP contribution in [0.1, 0.15) is 24.0 Å². The molecule has 1 aliphatic carbocycles. The Morgan fingerprint density at radius 2 is 1.95 bits per heavy atom. The van der Waals surface area contributed by atoms with E-state index < -0.39 is 0 Å². The van der Waals surface area contributed by atoms with Crippen LogP contribution in [0.25, 0.3) is 6.08 Å². The van der Waals surface area contributed by atoms with Gasteiger partial charge < -0.3 is 0 Å². The zero-order valence-electron chi connectivity index (χ0n) is 10.9. The summed E-state index contributed by atoms with van der Waals surface area (Å²) in [4.78, 5) is 12.4. The maximum atomic E-state index is 12.4. The van der Waals surface area contributed by atoms with Crippen molar-refractivity contribution in [1.82, 2.24) is 0 Å². The molecule has 1 aromatic rings. The fourth-order valence-electron chi connectivity index (χ4n) is 2.46. The van der Waals surface area contributed by atoms with Gasteiger partial charge in [0.15, 0.2) is 5.78 Å². The van der Waals surface area contributed by atoms with E-state index in [4.69, 9.17) is 0 Å². The van der Waals surface area contributed by atoms with Gasteiger partial charge in [0.2, 0.25) is 0 Å². The standard InChI is InChI=1S/C16H16OS2/c1-11-3-2-4-12(9-11)10-13-5-6-14(15(13)17)16-18-7-8-19-16/h2-4,9-10H,5-8H2,1H3/b13-10-. The second kappa shape index (κ2) is 5.59. The van der Waals surface area contributed by atoms with E-state index in [0.717, 1.165) is 41.1 Å². The van der Waals surface area contributed by atoms with Crippen molar-refractivity contribution < 1.29 is 4.79 Å². The number of carbonyl (C=O) groups is 1. The summed E-state index contributed by atoms with van der Waals surface area (Å²) in [6.45, 7) is 2.08. The fourth-order valence-corrected chi connectivity index (χ4v) is 5.07. The summed E-state index contributed by atoms with van der Waals surface area (Å²) in [5.74, 6) is 2.57. The third kappa shape index (κ3) is 2.82. The van der Waals surface area contributed by atoms with Gasteiger partial charge in [0.25, 0.3) is 0 Å². The van der Waals surface area contributed by atoms with Gasteiger partial charge in [0.05, 0.1) is 0 Å². The van der Waals surface area contributed by atoms with Gasteiger partial charge in [-0.25, -0.2) is 0 Å². The highest BCUT2D eigenvalue weighted by Gasteiger charge is 2.28. The molecule has 0 atom stereocenters. The van der Waals surface area contributed by atoms with E-state index in [2.05, 4.69) is 31.2 Å². The first-order chi connectivity index (χ1) is 9.24. The molecule has 1 saturated heterocycles. The molecule has 0 amide bonds. The molecule has 19 heavy (non-hydrogen) atoms. The quantitative estimate of drug-likeness (QED) is 0.711. The summed E-state index contributed by atoms with van der Waals surface area (Å²) in [6.07, 6.45) is 3.88. The minimum Gasteiger partial charge on any atom is -0.289 e. The zero-order chi connectivity index (χ0) is 13.2. The van der Waals surface area contributed by atoms with Crippen LogP contribution in [0.15, 0.2) is 39.6 Å². The number of hydrogen-bond acceptors (Lipinski definition) is 3. The number of aryl methyl sites for hydroxylation is 1. The molecular weight excluding hydrogens is 272 g/mol. The maximum absolute atomic E-state index is 12.4. The largest absolute Gasteiger partial charge is 0.289 e. The van der Waals surface area contributed by atoms with E-state index >= 15 is 0 Å². The minimum absolute atomic E-state index is 0.276. The number of rotatable bonds is 1. The van der Waals surface area contributed by atoms with Crippen LogP contribution in [0.5, 0.6) is 0 Å². The van der Waals surface area contributed by atoms with Gasteiger partial charge in [0, 0.05) is 26.9 Å². The second-order valence-electron chi connectivity index (χ2n) is 4.88. The summed E-state index contributed by atoms with van der Waals surface area (Å²) >= 11 is 3.70. The third-order valence-electron chi connectivity index (χ3n) is 3.39. The number of Topliss-reactive ketones (excluding diaryl/α,β-unsaturated/α-hetero) is 1. The Morgan fingerprint density at radius 1 is 1.16 bits per heavy atom. The molecule has 1 nitrogen and oxygen atoms in total. The summed E-state index contributed by atoms with van der Waals surface area (Å²) in [6, 6.07) is 8.32. The number of benzene rings is 1.